The van der Waals surface area contributed by atoms with Crippen LogP contribution in [0.2, 0.25) is 0 Å². The summed E-state index contributed by atoms with van der Waals surface area (Å²) in [6.07, 6.45) is -8.24. The van der Waals surface area contributed by atoms with Crippen LogP contribution >= 0.6 is 0 Å². The summed E-state index contributed by atoms with van der Waals surface area (Å²) < 4.78 is 63.4. The van der Waals surface area contributed by atoms with Crippen LogP contribution in [0.25, 0.3) is 0 Å². The second kappa shape index (κ2) is 6.39. The normalized spacial score (nSPS) is 36.2. The number of carbonyl (C=O) groups is 1. The molecule has 3 fully saturated rings. The molecule has 10 heteroatoms. The van der Waals surface area contributed by atoms with E-state index in [1.165, 1.54) is 24.3 Å². The fourth-order valence-corrected chi connectivity index (χ4v) is 4.03. The van der Waals surface area contributed by atoms with Crippen molar-refractivity contribution in [2.24, 2.45) is 0 Å². The zero-order valence-electron chi connectivity index (χ0n) is 15.2. The summed E-state index contributed by atoms with van der Waals surface area (Å²) in [4.78, 5) is 13.0. The lowest BCUT2D eigenvalue weighted by Crippen LogP contribution is -2.67. The van der Waals surface area contributed by atoms with Gasteiger partial charge in [0.1, 0.15) is 23.9 Å². The lowest BCUT2D eigenvalue weighted by molar-refractivity contribution is -0.207. The van der Waals surface area contributed by atoms with E-state index in [-0.39, 0.29) is 12.3 Å². The number of amides is 1. The first kappa shape index (κ1) is 19.6. The first-order valence-corrected chi connectivity index (χ1v) is 8.79. The van der Waals surface area contributed by atoms with E-state index in [9.17, 15) is 23.1 Å². The monoisotopic (exact) mass is 403 g/mol. The summed E-state index contributed by atoms with van der Waals surface area (Å²) in [6.45, 7) is 2.67. The van der Waals surface area contributed by atoms with Gasteiger partial charge in [-0.05, 0) is 26.0 Å². The highest BCUT2D eigenvalue weighted by atomic mass is 19.4. The van der Waals surface area contributed by atoms with Crippen molar-refractivity contribution < 1.29 is 42.0 Å². The summed E-state index contributed by atoms with van der Waals surface area (Å²) in [5, 5.41) is 9.86. The van der Waals surface area contributed by atoms with Crippen LogP contribution in [0.1, 0.15) is 13.8 Å². The molecular formula is C18H20F3NO6. The standard InChI is InChI=1S/C18H20F3NO6/c1-16(2)26-12-11(14-25-9-17(8-23,28-14)13(12)27-16)22(15(24)18(19,20)21)10-6-4-3-5-7-10/h3-7,11-14,23H,8-9H2,1-2H3/t11-,12-,13-,14+,17-/m1/s1. The first-order chi connectivity index (χ1) is 13.1. The van der Waals surface area contributed by atoms with Crippen molar-refractivity contribution >= 4 is 11.6 Å². The van der Waals surface area contributed by atoms with Gasteiger partial charge in [0.15, 0.2) is 12.1 Å². The fourth-order valence-electron chi connectivity index (χ4n) is 4.03. The first-order valence-electron chi connectivity index (χ1n) is 8.79. The number of hydrogen-bond acceptors (Lipinski definition) is 6. The van der Waals surface area contributed by atoms with Crippen LogP contribution in [-0.4, -0.2) is 66.3 Å². The second-order valence-electron chi connectivity index (χ2n) is 7.54. The Labute approximate surface area is 158 Å². The summed E-state index contributed by atoms with van der Waals surface area (Å²) in [5.74, 6) is -3.20. The van der Waals surface area contributed by atoms with Crippen molar-refractivity contribution in [3.63, 3.8) is 0 Å². The van der Waals surface area contributed by atoms with Crippen molar-refractivity contribution in [2.75, 3.05) is 18.1 Å². The van der Waals surface area contributed by atoms with Crippen LogP contribution in [0.4, 0.5) is 18.9 Å². The van der Waals surface area contributed by atoms with Crippen molar-refractivity contribution in [2.45, 2.75) is 56.0 Å². The van der Waals surface area contributed by atoms with Gasteiger partial charge in [0.25, 0.3) is 0 Å². The molecule has 7 nitrogen and oxygen atoms in total. The Kier molecular flexibility index (Phi) is 4.47. The minimum absolute atomic E-state index is 0.0254. The SMILES string of the molecule is CC1(C)O[C@@H]2[C@@H](N(C(=O)C(F)(F)F)c3ccccc3)[C@H]3OC[C@@](CO)(O3)[C@@H]2O1. The number of benzene rings is 1. The van der Waals surface area contributed by atoms with Crippen LogP contribution < -0.4 is 4.90 Å². The lowest BCUT2D eigenvalue weighted by atomic mass is 9.87. The molecule has 0 aliphatic carbocycles. The van der Waals surface area contributed by atoms with Gasteiger partial charge in [-0.1, -0.05) is 18.2 Å². The van der Waals surface area contributed by atoms with Gasteiger partial charge in [0, 0.05) is 5.69 Å². The topological polar surface area (TPSA) is 77.5 Å². The number of ether oxygens (including phenoxy) is 4. The van der Waals surface area contributed by atoms with Gasteiger partial charge >= 0.3 is 12.1 Å². The van der Waals surface area contributed by atoms with E-state index in [0.29, 0.717) is 4.90 Å². The lowest BCUT2D eigenvalue weighted by Gasteiger charge is -2.45. The molecule has 3 heterocycles. The maximum atomic E-state index is 13.4. The minimum Gasteiger partial charge on any atom is -0.393 e. The average Bonchev–Trinajstić information content (AvgIpc) is 3.18. The largest absolute Gasteiger partial charge is 0.471 e. The third-order valence-corrected chi connectivity index (χ3v) is 5.17. The molecule has 1 N–H and O–H groups in total. The van der Waals surface area contributed by atoms with E-state index in [2.05, 4.69) is 0 Å². The molecule has 0 unspecified atom stereocenters. The zero-order chi connectivity index (χ0) is 20.3. The van der Waals surface area contributed by atoms with Gasteiger partial charge in [-0.2, -0.15) is 13.2 Å². The van der Waals surface area contributed by atoms with Crippen LogP contribution in [-0.2, 0) is 23.7 Å². The maximum Gasteiger partial charge on any atom is 0.471 e. The van der Waals surface area contributed by atoms with E-state index in [1.54, 1.807) is 19.9 Å². The zero-order valence-corrected chi connectivity index (χ0v) is 15.2. The molecule has 3 aliphatic rings. The van der Waals surface area contributed by atoms with Gasteiger partial charge < -0.3 is 24.1 Å². The van der Waals surface area contributed by atoms with Crippen LogP contribution in [0.3, 0.4) is 0 Å². The highest BCUT2D eigenvalue weighted by Gasteiger charge is 2.68. The molecule has 1 aromatic carbocycles. The van der Waals surface area contributed by atoms with Gasteiger partial charge in [0.05, 0.1) is 13.2 Å². The van der Waals surface area contributed by atoms with Crippen molar-refractivity contribution in [1.82, 2.24) is 0 Å². The Hall–Kier alpha value is -1.72. The highest BCUT2D eigenvalue weighted by molar-refractivity contribution is 5.98. The third-order valence-electron chi connectivity index (χ3n) is 5.17. The summed E-state index contributed by atoms with van der Waals surface area (Å²) in [7, 11) is 0. The average molecular weight is 403 g/mol. The molecule has 28 heavy (non-hydrogen) atoms. The molecule has 3 aliphatic heterocycles. The number of carbonyl (C=O) groups excluding carboxylic acids is 1. The van der Waals surface area contributed by atoms with Gasteiger partial charge in [-0.15, -0.1) is 0 Å². The predicted octanol–water partition coefficient (Wildman–Crippen LogP) is 1.59. The Balaban J connectivity index is 1.81. The van der Waals surface area contributed by atoms with E-state index in [1.807, 2.05) is 0 Å². The van der Waals surface area contributed by atoms with Gasteiger partial charge in [0.2, 0.25) is 0 Å². The molecule has 0 aromatic heterocycles. The molecule has 5 atom stereocenters. The number of para-hydroxylation sites is 1. The quantitative estimate of drug-likeness (QED) is 0.826. The van der Waals surface area contributed by atoms with Crippen LogP contribution in [0.15, 0.2) is 30.3 Å². The number of aliphatic hydroxyl groups excluding tert-OH is 1. The molecule has 4 rings (SSSR count). The van der Waals surface area contributed by atoms with E-state index in [4.69, 9.17) is 18.9 Å². The molecule has 154 valence electrons. The molecule has 0 spiro atoms. The Morgan fingerprint density at radius 1 is 1.21 bits per heavy atom. The molecule has 1 aromatic rings. The highest BCUT2D eigenvalue weighted by Crippen LogP contribution is 2.48. The van der Waals surface area contributed by atoms with E-state index < -0.39 is 54.6 Å². The number of hydrogen-bond donors (Lipinski definition) is 1. The molecule has 2 bridgehead atoms. The molecular weight excluding hydrogens is 383 g/mol. The molecule has 3 saturated heterocycles. The minimum atomic E-state index is -5.12. The number of fused-ring (bicyclic) bond motifs is 4. The van der Waals surface area contributed by atoms with Crippen molar-refractivity contribution in [3.8, 4) is 0 Å². The fraction of sp³-hybridized carbons (Fsp3) is 0.611. The van der Waals surface area contributed by atoms with Crippen molar-refractivity contribution in [1.29, 1.82) is 0 Å². The number of rotatable bonds is 3. The summed E-state index contributed by atoms with van der Waals surface area (Å²) in [6, 6.07) is 6.20. The Morgan fingerprint density at radius 3 is 2.50 bits per heavy atom. The second-order valence-corrected chi connectivity index (χ2v) is 7.54. The maximum absolute atomic E-state index is 13.4. The Morgan fingerprint density at radius 2 is 1.89 bits per heavy atom. The van der Waals surface area contributed by atoms with Gasteiger partial charge in [-0.25, -0.2) is 0 Å². The predicted molar refractivity (Wildman–Crippen MR) is 88.2 cm³/mol. The molecule has 0 radical (unpaired) electrons. The number of anilines is 1. The number of nitrogens with zero attached hydrogens (tertiary/aromatic N) is 1. The van der Waals surface area contributed by atoms with Crippen molar-refractivity contribution in [3.05, 3.63) is 30.3 Å². The smallest absolute Gasteiger partial charge is 0.393 e. The summed E-state index contributed by atoms with van der Waals surface area (Å²) in [5.41, 5.74) is -1.24. The number of halogens is 3. The molecule has 1 amide bonds. The Bertz CT molecular complexity index is 757. The van der Waals surface area contributed by atoms with Crippen LogP contribution in [0, 0.1) is 0 Å². The third kappa shape index (κ3) is 3.00. The van der Waals surface area contributed by atoms with E-state index in [0.717, 1.165) is 0 Å². The van der Waals surface area contributed by atoms with Gasteiger partial charge in [-0.3, -0.25) is 9.69 Å². The van der Waals surface area contributed by atoms with E-state index >= 15 is 0 Å². The number of aliphatic hydroxyl groups is 1. The number of alkyl halides is 3. The molecule has 0 saturated carbocycles. The van der Waals surface area contributed by atoms with Crippen LogP contribution in [0.5, 0.6) is 0 Å². The summed E-state index contributed by atoms with van der Waals surface area (Å²) >= 11 is 0.